The number of hydrogen-bond acceptors (Lipinski definition) is 6. The van der Waals surface area contributed by atoms with Gasteiger partial charge < -0.3 is 0 Å². The number of nitrogens with zero attached hydrogens (tertiary/aromatic N) is 3. The zero-order chi connectivity index (χ0) is 32.3. The van der Waals surface area contributed by atoms with Crippen molar-refractivity contribution in [2.24, 2.45) is 10.9 Å². The average Bonchev–Trinajstić information content (AvgIpc) is 3.01. The lowest BCUT2D eigenvalue weighted by molar-refractivity contribution is -0.125. The molecule has 228 valence electrons. The van der Waals surface area contributed by atoms with Crippen LogP contribution < -0.4 is 5.84 Å². The zero-order valence-electron chi connectivity index (χ0n) is 26.7. The molecule has 0 aromatic heterocycles. The van der Waals surface area contributed by atoms with Gasteiger partial charge in [-0.2, -0.15) is 5.10 Å². The van der Waals surface area contributed by atoms with Crippen LogP contribution in [0, 0.1) is 13.8 Å². The first-order valence-corrected chi connectivity index (χ1v) is 14.6. The Balaban J connectivity index is 0.000000317. The number of ketones is 2. The molecule has 43 heavy (non-hydrogen) atoms. The van der Waals surface area contributed by atoms with Crippen LogP contribution in [0.4, 0.5) is 0 Å². The van der Waals surface area contributed by atoms with Crippen molar-refractivity contribution in [3.8, 4) is 0 Å². The molecule has 0 atom stereocenters. The van der Waals surface area contributed by atoms with Crippen molar-refractivity contribution in [3.63, 3.8) is 0 Å². The van der Waals surface area contributed by atoms with Gasteiger partial charge in [0.15, 0.2) is 0 Å². The van der Waals surface area contributed by atoms with Gasteiger partial charge in [0, 0.05) is 25.2 Å². The normalized spacial score (nSPS) is 10.6. The second kappa shape index (κ2) is 16.3. The first kappa shape index (κ1) is 34.8. The highest BCUT2D eigenvalue weighted by molar-refractivity contribution is 6.43. The summed E-state index contributed by atoms with van der Waals surface area (Å²) in [6.07, 6.45) is 4.43. The quantitative estimate of drug-likeness (QED) is 0.0853. The molecular formula is C35H44N4O4. The number of carbonyl (C=O) groups excluding carboxylic acids is 4. The monoisotopic (exact) mass is 584 g/mol. The van der Waals surface area contributed by atoms with E-state index in [4.69, 9.17) is 5.84 Å². The first-order valence-electron chi connectivity index (χ1n) is 14.6. The number of rotatable bonds is 10. The smallest absolute Gasteiger partial charge is 0.283 e. The number of hydrazone groups is 1. The molecule has 0 spiro atoms. The predicted octanol–water partition coefficient (Wildman–Crippen LogP) is 5.43. The minimum atomic E-state index is -0.678. The maximum atomic E-state index is 12.8. The Morgan fingerprint density at radius 1 is 0.674 bits per heavy atom. The predicted molar refractivity (Wildman–Crippen MR) is 172 cm³/mol. The topological polar surface area (TPSA) is 113 Å². The summed E-state index contributed by atoms with van der Waals surface area (Å²) in [6, 6.07) is 17.3. The van der Waals surface area contributed by atoms with Crippen LogP contribution >= 0.6 is 0 Å². The molecule has 3 aromatic carbocycles. The standard InChI is InChI=1S/C21H24N2O2.C14H20N2O2/c1-5-17-12-15(3)13-18(6-2)19(17)20(24)21(25)23(4)22-14-16-10-8-7-9-11-16;1-5-10-7-9(3)8-11(6-2)12(10)13(17)14(18)16(4)15/h7-14H,5-6H2,1-4H3;7-8H,5-6,15H2,1-4H3. The molecular weight excluding hydrogens is 540 g/mol. The molecule has 0 heterocycles. The Morgan fingerprint density at radius 2 is 1.05 bits per heavy atom. The van der Waals surface area contributed by atoms with Crippen molar-refractivity contribution < 1.29 is 19.2 Å². The third-order valence-corrected chi connectivity index (χ3v) is 7.05. The van der Waals surface area contributed by atoms with Gasteiger partial charge in [0.25, 0.3) is 11.6 Å². The third kappa shape index (κ3) is 9.03. The van der Waals surface area contributed by atoms with Gasteiger partial charge >= 0.3 is 11.8 Å². The molecule has 8 heteroatoms. The van der Waals surface area contributed by atoms with E-state index in [1.54, 1.807) is 6.21 Å². The van der Waals surface area contributed by atoms with Crippen molar-refractivity contribution in [3.05, 3.63) is 105 Å². The molecule has 0 bridgehead atoms. The van der Waals surface area contributed by atoms with E-state index in [1.807, 2.05) is 96.1 Å². The van der Waals surface area contributed by atoms with Gasteiger partial charge in [0.1, 0.15) is 0 Å². The van der Waals surface area contributed by atoms with Gasteiger partial charge in [-0.25, -0.2) is 10.9 Å². The van der Waals surface area contributed by atoms with Crippen LogP contribution in [0.2, 0.25) is 0 Å². The number of benzene rings is 3. The summed E-state index contributed by atoms with van der Waals surface area (Å²) >= 11 is 0. The highest BCUT2D eigenvalue weighted by Gasteiger charge is 2.26. The Morgan fingerprint density at radius 3 is 1.40 bits per heavy atom. The molecule has 0 aliphatic carbocycles. The van der Waals surface area contributed by atoms with Crippen molar-refractivity contribution in [1.82, 2.24) is 10.0 Å². The van der Waals surface area contributed by atoms with Crippen molar-refractivity contribution in [2.75, 3.05) is 14.1 Å². The van der Waals surface area contributed by atoms with Crippen LogP contribution in [0.1, 0.15) is 87.4 Å². The lowest BCUT2D eigenvalue weighted by Crippen LogP contribution is -2.39. The van der Waals surface area contributed by atoms with Gasteiger partial charge in [-0.3, -0.25) is 24.2 Å². The van der Waals surface area contributed by atoms with E-state index in [9.17, 15) is 19.2 Å². The lowest BCUT2D eigenvalue weighted by Gasteiger charge is -2.15. The summed E-state index contributed by atoms with van der Waals surface area (Å²) in [5, 5.41) is 6.05. The number of aryl methyl sites for hydroxylation is 6. The van der Waals surface area contributed by atoms with Gasteiger partial charge in [0.2, 0.25) is 0 Å². The van der Waals surface area contributed by atoms with E-state index >= 15 is 0 Å². The second-order valence-corrected chi connectivity index (χ2v) is 10.4. The number of likely N-dealkylation sites (N-methyl/N-ethyl adjacent to an activating group) is 2. The van der Waals surface area contributed by atoms with Crippen LogP contribution in [0.25, 0.3) is 0 Å². The third-order valence-electron chi connectivity index (χ3n) is 7.05. The van der Waals surface area contributed by atoms with E-state index in [0.29, 0.717) is 24.0 Å². The SMILES string of the molecule is CCc1cc(C)cc(CC)c1C(=O)C(=O)N(C)N.CCc1cc(C)cc(CC)c1C(=O)C(=O)N(C)N=Cc1ccccc1. The Bertz CT molecular complexity index is 1440. The second-order valence-electron chi connectivity index (χ2n) is 10.4. The number of hydrogen-bond donors (Lipinski definition) is 1. The Kier molecular flexibility index (Phi) is 13.2. The molecule has 2 amide bonds. The summed E-state index contributed by atoms with van der Waals surface area (Å²) in [5.74, 6) is 3.03. The van der Waals surface area contributed by atoms with Gasteiger partial charge in [-0.15, -0.1) is 0 Å². The van der Waals surface area contributed by atoms with E-state index in [0.717, 1.165) is 61.8 Å². The molecule has 3 aromatic rings. The van der Waals surface area contributed by atoms with Gasteiger partial charge in [-0.1, -0.05) is 93.4 Å². The van der Waals surface area contributed by atoms with Crippen LogP contribution in [0.3, 0.4) is 0 Å². The Labute approximate surface area is 255 Å². The van der Waals surface area contributed by atoms with Crippen LogP contribution in [0.5, 0.6) is 0 Å². The van der Waals surface area contributed by atoms with Crippen molar-refractivity contribution >= 4 is 29.6 Å². The Hall–Kier alpha value is -4.43. The highest BCUT2D eigenvalue weighted by atomic mass is 16.2. The first-order chi connectivity index (χ1) is 20.4. The molecule has 0 aliphatic rings. The van der Waals surface area contributed by atoms with Crippen molar-refractivity contribution in [1.29, 1.82) is 0 Å². The molecule has 2 N–H and O–H groups in total. The fraction of sp³-hybridized carbons (Fsp3) is 0.343. The van der Waals surface area contributed by atoms with Gasteiger partial charge in [0.05, 0.1) is 6.21 Å². The maximum absolute atomic E-state index is 12.8. The zero-order valence-corrected chi connectivity index (χ0v) is 26.7. The number of hydrazine groups is 1. The van der Waals surface area contributed by atoms with E-state index in [2.05, 4.69) is 5.10 Å². The van der Waals surface area contributed by atoms with E-state index in [-0.39, 0.29) is 0 Å². The molecule has 0 fully saturated rings. The summed E-state index contributed by atoms with van der Waals surface area (Å²) in [4.78, 5) is 49.3. The average molecular weight is 585 g/mol. The molecule has 0 unspecified atom stereocenters. The lowest BCUT2D eigenvalue weighted by atomic mass is 9.92. The largest absolute Gasteiger partial charge is 0.314 e. The number of carbonyl (C=O) groups is 4. The van der Waals surface area contributed by atoms with Crippen LogP contribution in [0.15, 0.2) is 59.7 Å². The molecule has 0 aliphatic heterocycles. The number of nitrogens with two attached hydrogens (primary N) is 1. The van der Waals surface area contributed by atoms with Crippen molar-refractivity contribution in [2.45, 2.75) is 67.2 Å². The van der Waals surface area contributed by atoms with E-state index in [1.165, 1.54) is 14.1 Å². The number of Topliss-reactive ketones (excluding diaryl/α,β-unsaturated/α-hetero) is 2. The minimum Gasteiger partial charge on any atom is -0.283 e. The van der Waals surface area contributed by atoms with E-state index < -0.39 is 23.4 Å². The summed E-state index contributed by atoms with van der Waals surface area (Å²) < 4.78 is 0. The fourth-order valence-corrected chi connectivity index (χ4v) is 4.85. The molecule has 8 nitrogen and oxygen atoms in total. The summed E-state index contributed by atoms with van der Waals surface area (Å²) in [6.45, 7) is 11.9. The minimum absolute atomic E-state index is 0.499. The van der Waals surface area contributed by atoms with Crippen LogP contribution in [-0.2, 0) is 35.3 Å². The molecule has 0 saturated carbocycles. The highest BCUT2D eigenvalue weighted by Crippen LogP contribution is 2.22. The molecule has 3 rings (SSSR count). The fourth-order valence-electron chi connectivity index (χ4n) is 4.85. The molecule has 0 saturated heterocycles. The van der Waals surface area contributed by atoms with Crippen LogP contribution in [-0.4, -0.2) is 53.7 Å². The summed E-state index contributed by atoms with van der Waals surface area (Å²) in [5.41, 5.74) is 7.77. The number of amides is 2. The summed E-state index contributed by atoms with van der Waals surface area (Å²) in [7, 11) is 2.89. The maximum Gasteiger partial charge on any atom is 0.314 e. The molecule has 0 radical (unpaired) electrons. The van der Waals surface area contributed by atoms with Gasteiger partial charge in [-0.05, 0) is 67.3 Å².